The van der Waals surface area contributed by atoms with Crippen LogP contribution in [0.15, 0.2) is 0 Å². The molecule has 0 heterocycles. The molecule has 14 nitrogen and oxygen atoms in total. The molecule has 0 amide bonds. The quantitative estimate of drug-likeness (QED) is 0.0871. The molecular formula is C40H72O14. The molecule has 14 heteroatoms. The Kier molecular flexibility index (Phi) is 27.3. The summed E-state index contributed by atoms with van der Waals surface area (Å²) in [5, 5.41) is 0. The van der Waals surface area contributed by atoms with Gasteiger partial charge in [0.1, 0.15) is 51.7 Å². The average molecular weight is 777 g/mol. The second-order valence-corrected chi connectivity index (χ2v) is 15.7. The SMILES string of the molecule is C.CC(C)C(=O)OCC(COC(=O)C(C)C)(COC(=O)C(C)C)COC(=O)C(C)C.CCC(COC(=O)C(C)C)(COC(=O)C(C)C)COC(=O)C(C)C. The molecule has 0 radical (unpaired) electrons. The molecule has 0 fully saturated rings. The van der Waals surface area contributed by atoms with Crippen LogP contribution in [0.1, 0.15) is 118 Å². The standard InChI is InChI=1S/C21H36O8.C18H32O6.CH4/c1-13(2)17(22)26-9-21(10-27-18(23)14(3)4,11-28-19(24)15(5)6)12-29-20(25)16(7)8;1-8-18(9-22-15(19)12(2)3,10-23-16(20)13(4)5)11-24-17(21)14(6)7;/h13-16H,9-12H2,1-8H3;12-14H,8-11H2,1-7H3;1H4. The lowest BCUT2D eigenvalue weighted by Crippen LogP contribution is -2.45. The fourth-order valence-corrected chi connectivity index (χ4v) is 3.42. The Morgan fingerprint density at radius 1 is 0.315 bits per heavy atom. The maximum absolute atomic E-state index is 12.0. The van der Waals surface area contributed by atoms with Crippen molar-refractivity contribution in [2.45, 2.75) is 118 Å². The summed E-state index contributed by atoms with van der Waals surface area (Å²) in [6, 6.07) is 0. The van der Waals surface area contributed by atoms with Gasteiger partial charge in [-0.15, -0.1) is 0 Å². The van der Waals surface area contributed by atoms with E-state index in [0.717, 1.165) is 0 Å². The second-order valence-electron chi connectivity index (χ2n) is 15.7. The van der Waals surface area contributed by atoms with Crippen LogP contribution in [0.4, 0.5) is 0 Å². The van der Waals surface area contributed by atoms with Crippen molar-refractivity contribution in [3.63, 3.8) is 0 Å². The highest BCUT2D eigenvalue weighted by Gasteiger charge is 2.39. The molecule has 0 aromatic carbocycles. The highest BCUT2D eigenvalue weighted by Crippen LogP contribution is 2.26. The lowest BCUT2D eigenvalue weighted by atomic mass is 9.87. The minimum absolute atomic E-state index is 0. The van der Waals surface area contributed by atoms with Gasteiger partial charge in [-0.3, -0.25) is 33.6 Å². The van der Waals surface area contributed by atoms with E-state index in [0.29, 0.717) is 6.42 Å². The smallest absolute Gasteiger partial charge is 0.308 e. The zero-order chi connectivity index (χ0) is 41.7. The van der Waals surface area contributed by atoms with Crippen LogP contribution in [0.5, 0.6) is 0 Å². The van der Waals surface area contributed by atoms with E-state index in [9.17, 15) is 33.6 Å². The minimum atomic E-state index is -1.20. The number of rotatable bonds is 22. The molecule has 0 saturated heterocycles. The Morgan fingerprint density at radius 2 is 0.444 bits per heavy atom. The van der Waals surface area contributed by atoms with E-state index < -0.39 is 34.7 Å². The molecule has 54 heavy (non-hydrogen) atoms. The van der Waals surface area contributed by atoms with Crippen LogP contribution >= 0.6 is 0 Å². The molecule has 0 aliphatic heterocycles. The van der Waals surface area contributed by atoms with E-state index in [-0.39, 0.29) is 113 Å². The predicted molar refractivity (Wildman–Crippen MR) is 202 cm³/mol. The van der Waals surface area contributed by atoms with Crippen LogP contribution in [-0.4, -0.2) is 88.0 Å². The fourth-order valence-electron chi connectivity index (χ4n) is 3.42. The molecule has 0 spiro atoms. The van der Waals surface area contributed by atoms with Gasteiger partial charge in [0.25, 0.3) is 0 Å². The van der Waals surface area contributed by atoms with Gasteiger partial charge in [-0.2, -0.15) is 0 Å². The van der Waals surface area contributed by atoms with Gasteiger partial charge in [0.2, 0.25) is 0 Å². The molecule has 0 aromatic rings. The lowest BCUT2D eigenvalue weighted by Gasteiger charge is -2.32. The van der Waals surface area contributed by atoms with Gasteiger partial charge in [-0.25, -0.2) is 0 Å². The predicted octanol–water partition coefficient (Wildman–Crippen LogP) is 6.39. The number of ether oxygens (including phenoxy) is 7. The fraction of sp³-hybridized carbons (Fsp3) is 0.825. The molecule has 0 saturated carbocycles. The number of esters is 7. The number of carbonyl (C=O) groups excluding carboxylic acids is 7. The zero-order valence-electron chi connectivity index (χ0n) is 34.9. The molecule has 0 aliphatic carbocycles. The van der Waals surface area contributed by atoms with Crippen LogP contribution in [0, 0.1) is 52.3 Å². The van der Waals surface area contributed by atoms with E-state index in [2.05, 4.69) is 0 Å². The van der Waals surface area contributed by atoms with Crippen molar-refractivity contribution in [1.29, 1.82) is 0 Å². The summed E-state index contributed by atoms with van der Waals surface area (Å²) in [4.78, 5) is 83.2. The van der Waals surface area contributed by atoms with E-state index >= 15 is 0 Å². The van der Waals surface area contributed by atoms with E-state index in [1.54, 1.807) is 96.9 Å². The third-order valence-electron chi connectivity index (χ3n) is 7.69. The first-order chi connectivity index (χ1) is 24.4. The third kappa shape index (κ3) is 22.5. The molecule has 0 bridgehead atoms. The van der Waals surface area contributed by atoms with Crippen molar-refractivity contribution in [3.8, 4) is 0 Å². The molecule has 0 atom stereocenters. The molecule has 0 unspecified atom stereocenters. The molecule has 0 aromatic heterocycles. The highest BCUT2D eigenvalue weighted by molar-refractivity contribution is 5.74. The molecule has 0 rings (SSSR count). The first kappa shape index (κ1) is 54.6. The van der Waals surface area contributed by atoms with E-state index in [4.69, 9.17) is 33.2 Å². The van der Waals surface area contributed by atoms with Gasteiger partial charge in [0, 0.05) is 0 Å². The maximum atomic E-state index is 12.0. The topological polar surface area (TPSA) is 184 Å². The third-order valence-corrected chi connectivity index (χ3v) is 7.69. The van der Waals surface area contributed by atoms with Crippen molar-refractivity contribution in [1.82, 2.24) is 0 Å². The lowest BCUT2D eigenvalue weighted by molar-refractivity contribution is -0.175. The van der Waals surface area contributed by atoms with Gasteiger partial charge >= 0.3 is 41.8 Å². The summed E-state index contributed by atoms with van der Waals surface area (Å²) in [6.45, 7) is 25.0. The van der Waals surface area contributed by atoms with Gasteiger partial charge in [-0.05, 0) is 6.42 Å². The van der Waals surface area contributed by atoms with E-state index in [1.807, 2.05) is 6.92 Å². The van der Waals surface area contributed by atoms with Crippen LogP contribution < -0.4 is 0 Å². The van der Waals surface area contributed by atoms with Crippen molar-refractivity contribution >= 4 is 41.8 Å². The summed E-state index contributed by atoms with van der Waals surface area (Å²) in [5.74, 6) is -5.11. The van der Waals surface area contributed by atoms with Crippen LogP contribution in [0.25, 0.3) is 0 Å². The summed E-state index contributed by atoms with van der Waals surface area (Å²) >= 11 is 0. The molecule has 316 valence electrons. The Hall–Kier alpha value is -3.71. The first-order valence-corrected chi connectivity index (χ1v) is 18.5. The summed E-state index contributed by atoms with van der Waals surface area (Å²) in [6.07, 6.45) is 0.537. The van der Waals surface area contributed by atoms with Gasteiger partial charge in [0.05, 0.1) is 46.8 Å². The van der Waals surface area contributed by atoms with Gasteiger partial charge in [-0.1, -0.05) is 111 Å². The largest absolute Gasteiger partial charge is 0.465 e. The highest BCUT2D eigenvalue weighted by atomic mass is 16.6. The van der Waals surface area contributed by atoms with Crippen LogP contribution in [0.2, 0.25) is 0 Å². The van der Waals surface area contributed by atoms with Crippen LogP contribution in [0.3, 0.4) is 0 Å². The Balaban J connectivity index is -0.000000962. The van der Waals surface area contributed by atoms with Crippen molar-refractivity contribution in [2.75, 3.05) is 46.2 Å². The molecule has 0 aliphatic rings. The zero-order valence-corrected chi connectivity index (χ0v) is 34.9. The molecular weight excluding hydrogens is 704 g/mol. The van der Waals surface area contributed by atoms with Crippen LogP contribution in [-0.2, 0) is 66.7 Å². The van der Waals surface area contributed by atoms with Gasteiger partial charge < -0.3 is 33.2 Å². The first-order valence-electron chi connectivity index (χ1n) is 18.5. The number of hydrogen-bond acceptors (Lipinski definition) is 14. The van der Waals surface area contributed by atoms with Crippen molar-refractivity contribution in [3.05, 3.63) is 0 Å². The summed E-state index contributed by atoms with van der Waals surface area (Å²) < 4.78 is 37.3. The Bertz CT molecular complexity index is 1010. The van der Waals surface area contributed by atoms with Crippen molar-refractivity contribution in [2.24, 2.45) is 52.3 Å². The average Bonchev–Trinajstić information content (AvgIpc) is 3.09. The van der Waals surface area contributed by atoms with Gasteiger partial charge in [0.15, 0.2) is 0 Å². The number of hydrogen-bond donors (Lipinski definition) is 0. The normalized spacial score (nSPS) is 11.5. The summed E-state index contributed by atoms with van der Waals surface area (Å²) in [5.41, 5.74) is -1.94. The Labute approximate surface area is 324 Å². The van der Waals surface area contributed by atoms with E-state index in [1.165, 1.54) is 0 Å². The minimum Gasteiger partial charge on any atom is -0.465 e. The second kappa shape index (κ2) is 27.0. The van der Waals surface area contributed by atoms with Crippen molar-refractivity contribution < 1.29 is 66.7 Å². The monoisotopic (exact) mass is 776 g/mol. The molecule has 0 N–H and O–H groups in total. The summed E-state index contributed by atoms with van der Waals surface area (Å²) in [7, 11) is 0. The Morgan fingerprint density at radius 3 is 0.556 bits per heavy atom. The maximum Gasteiger partial charge on any atom is 0.308 e. The number of carbonyl (C=O) groups is 7.